The molecular weight excluding hydrogens is 268 g/mol. The quantitative estimate of drug-likeness (QED) is 0.909. The van der Waals surface area contributed by atoms with Crippen LogP contribution in [-0.2, 0) is 4.79 Å². The van der Waals surface area contributed by atoms with Gasteiger partial charge in [-0.15, -0.1) is 11.3 Å². The van der Waals surface area contributed by atoms with Crippen LogP contribution >= 0.6 is 11.3 Å². The summed E-state index contributed by atoms with van der Waals surface area (Å²) in [5.74, 6) is 0.571. The molecular formula is C16H18N2OS. The number of hydrogen-bond acceptors (Lipinski definition) is 3. The van der Waals surface area contributed by atoms with E-state index in [-0.39, 0.29) is 11.8 Å². The summed E-state index contributed by atoms with van der Waals surface area (Å²) in [5, 5.41) is 8.42. The van der Waals surface area contributed by atoms with Crippen molar-refractivity contribution in [1.82, 2.24) is 5.32 Å². The molecule has 1 aromatic carbocycles. The monoisotopic (exact) mass is 286 g/mol. The van der Waals surface area contributed by atoms with Crippen LogP contribution < -0.4 is 10.6 Å². The summed E-state index contributed by atoms with van der Waals surface area (Å²) in [5.41, 5.74) is 1.99. The average Bonchev–Trinajstić information content (AvgIpc) is 3.10. The number of thiophene rings is 1. The first-order valence-electron chi connectivity index (χ1n) is 6.90. The van der Waals surface area contributed by atoms with Crippen molar-refractivity contribution < 1.29 is 4.79 Å². The minimum Gasteiger partial charge on any atom is -0.325 e. The number of hydrogen-bond donors (Lipinski definition) is 2. The molecule has 1 aliphatic heterocycles. The van der Waals surface area contributed by atoms with E-state index in [1.54, 1.807) is 11.3 Å². The van der Waals surface area contributed by atoms with Gasteiger partial charge in [-0.1, -0.05) is 31.2 Å². The van der Waals surface area contributed by atoms with Gasteiger partial charge < -0.3 is 10.6 Å². The van der Waals surface area contributed by atoms with E-state index in [4.69, 9.17) is 0 Å². The minimum atomic E-state index is 0.0615. The van der Waals surface area contributed by atoms with E-state index in [1.165, 1.54) is 4.88 Å². The van der Waals surface area contributed by atoms with Crippen molar-refractivity contribution in [3.63, 3.8) is 0 Å². The summed E-state index contributed by atoms with van der Waals surface area (Å²) in [7, 11) is 0. The van der Waals surface area contributed by atoms with Crippen LogP contribution in [0.15, 0.2) is 41.8 Å². The lowest BCUT2D eigenvalue weighted by molar-refractivity contribution is -0.120. The number of carbonyl (C=O) groups excluding carboxylic acids is 1. The number of rotatable bonds is 3. The van der Waals surface area contributed by atoms with Crippen LogP contribution in [0.25, 0.3) is 10.4 Å². The van der Waals surface area contributed by atoms with Gasteiger partial charge in [-0.05, 0) is 30.0 Å². The zero-order valence-corrected chi connectivity index (χ0v) is 12.2. The Hall–Kier alpha value is -1.65. The van der Waals surface area contributed by atoms with Gasteiger partial charge in [0.1, 0.15) is 0 Å². The lowest BCUT2D eigenvalue weighted by atomic mass is 9.97. The van der Waals surface area contributed by atoms with Crippen molar-refractivity contribution in [1.29, 1.82) is 0 Å². The number of amides is 1. The van der Waals surface area contributed by atoms with Crippen LogP contribution in [0.5, 0.6) is 0 Å². The summed E-state index contributed by atoms with van der Waals surface area (Å²) < 4.78 is 0. The molecule has 2 aromatic rings. The van der Waals surface area contributed by atoms with E-state index in [9.17, 15) is 4.79 Å². The van der Waals surface area contributed by atoms with Crippen LogP contribution in [0.1, 0.15) is 6.92 Å². The zero-order valence-electron chi connectivity index (χ0n) is 11.4. The van der Waals surface area contributed by atoms with Crippen molar-refractivity contribution in [3.8, 4) is 10.4 Å². The second-order valence-corrected chi connectivity index (χ2v) is 6.20. The first kappa shape index (κ1) is 13.3. The predicted octanol–water partition coefficient (Wildman–Crippen LogP) is 3.21. The molecule has 1 aliphatic rings. The Labute approximate surface area is 123 Å². The molecule has 0 radical (unpaired) electrons. The van der Waals surface area contributed by atoms with E-state index in [0.717, 1.165) is 24.3 Å². The molecule has 3 rings (SSSR count). The molecule has 1 aromatic heterocycles. The highest BCUT2D eigenvalue weighted by molar-refractivity contribution is 7.13. The molecule has 1 fully saturated rings. The Balaban J connectivity index is 1.83. The van der Waals surface area contributed by atoms with Gasteiger partial charge in [0.05, 0.1) is 5.92 Å². The molecule has 3 nitrogen and oxygen atoms in total. The highest BCUT2D eigenvalue weighted by atomic mass is 32.1. The topological polar surface area (TPSA) is 41.1 Å². The Morgan fingerprint density at radius 2 is 2.10 bits per heavy atom. The number of benzene rings is 1. The minimum absolute atomic E-state index is 0.0615. The van der Waals surface area contributed by atoms with Crippen molar-refractivity contribution in [2.45, 2.75) is 6.92 Å². The van der Waals surface area contributed by atoms with Crippen LogP contribution in [0.3, 0.4) is 0 Å². The Kier molecular flexibility index (Phi) is 3.85. The summed E-state index contributed by atoms with van der Waals surface area (Å²) in [6.07, 6.45) is 0. The average molecular weight is 286 g/mol. The third-order valence-corrected chi connectivity index (χ3v) is 4.73. The van der Waals surface area contributed by atoms with Gasteiger partial charge in [0.15, 0.2) is 0 Å². The largest absolute Gasteiger partial charge is 0.325 e. The molecule has 1 amide bonds. The standard InChI is InChI=1S/C16H18N2OS/c1-11-9-17-10-13(11)16(19)18-14-6-3-2-5-12(14)15-7-4-8-20-15/h2-8,11,13,17H,9-10H2,1H3,(H,18,19). The van der Waals surface area contributed by atoms with E-state index in [1.807, 2.05) is 24.3 Å². The molecule has 0 aliphatic carbocycles. The van der Waals surface area contributed by atoms with Crippen molar-refractivity contribution in [3.05, 3.63) is 41.8 Å². The molecule has 0 spiro atoms. The summed E-state index contributed by atoms with van der Waals surface area (Å²) >= 11 is 1.69. The fraction of sp³-hybridized carbons (Fsp3) is 0.312. The van der Waals surface area contributed by atoms with Gasteiger partial charge in [-0.25, -0.2) is 0 Å². The predicted molar refractivity (Wildman–Crippen MR) is 83.9 cm³/mol. The van der Waals surface area contributed by atoms with Crippen LogP contribution in [0.4, 0.5) is 5.69 Å². The molecule has 20 heavy (non-hydrogen) atoms. The van der Waals surface area contributed by atoms with Gasteiger partial charge in [-0.3, -0.25) is 4.79 Å². The van der Waals surface area contributed by atoms with Gasteiger partial charge >= 0.3 is 0 Å². The number of nitrogens with one attached hydrogen (secondary N) is 2. The van der Waals surface area contributed by atoms with E-state index in [2.05, 4.69) is 35.1 Å². The van der Waals surface area contributed by atoms with Gasteiger partial charge in [0, 0.05) is 22.7 Å². The molecule has 104 valence electrons. The fourth-order valence-corrected chi connectivity index (χ4v) is 3.39. The first-order valence-corrected chi connectivity index (χ1v) is 7.78. The normalized spacial score (nSPS) is 21.9. The maximum atomic E-state index is 12.4. The second kappa shape index (κ2) is 5.77. The zero-order chi connectivity index (χ0) is 13.9. The SMILES string of the molecule is CC1CNCC1C(=O)Nc1ccccc1-c1cccs1. The highest BCUT2D eigenvalue weighted by Crippen LogP contribution is 2.32. The summed E-state index contributed by atoms with van der Waals surface area (Å²) in [6, 6.07) is 12.1. The number of para-hydroxylation sites is 1. The number of carbonyl (C=O) groups is 1. The first-order chi connectivity index (χ1) is 9.75. The van der Waals surface area contributed by atoms with Crippen LogP contribution in [0, 0.1) is 11.8 Å². The van der Waals surface area contributed by atoms with Crippen molar-refractivity contribution >= 4 is 22.9 Å². The maximum Gasteiger partial charge on any atom is 0.229 e. The molecule has 2 atom stereocenters. The van der Waals surface area contributed by atoms with E-state index in [0.29, 0.717) is 5.92 Å². The van der Waals surface area contributed by atoms with Crippen LogP contribution in [-0.4, -0.2) is 19.0 Å². The Bertz CT molecular complexity index is 594. The summed E-state index contributed by atoms with van der Waals surface area (Å²) in [6.45, 7) is 3.81. The van der Waals surface area contributed by atoms with Crippen molar-refractivity contribution in [2.75, 3.05) is 18.4 Å². The van der Waals surface area contributed by atoms with Gasteiger partial charge in [-0.2, -0.15) is 0 Å². The molecule has 2 heterocycles. The van der Waals surface area contributed by atoms with Gasteiger partial charge in [0.25, 0.3) is 0 Å². The van der Waals surface area contributed by atoms with E-state index < -0.39 is 0 Å². The smallest absolute Gasteiger partial charge is 0.229 e. The lowest BCUT2D eigenvalue weighted by Crippen LogP contribution is -2.28. The molecule has 1 saturated heterocycles. The molecule has 4 heteroatoms. The Morgan fingerprint density at radius 1 is 1.25 bits per heavy atom. The Morgan fingerprint density at radius 3 is 2.80 bits per heavy atom. The fourth-order valence-electron chi connectivity index (χ4n) is 2.63. The number of anilines is 1. The maximum absolute atomic E-state index is 12.4. The molecule has 2 unspecified atom stereocenters. The van der Waals surface area contributed by atoms with Gasteiger partial charge in [0.2, 0.25) is 5.91 Å². The second-order valence-electron chi connectivity index (χ2n) is 5.25. The molecule has 2 N–H and O–H groups in total. The molecule has 0 bridgehead atoms. The van der Waals surface area contributed by atoms with Crippen LogP contribution in [0.2, 0.25) is 0 Å². The van der Waals surface area contributed by atoms with Crippen molar-refractivity contribution in [2.24, 2.45) is 11.8 Å². The third kappa shape index (κ3) is 2.62. The third-order valence-electron chi connectivity index (χ3n) is 3.83. The molecule has 0 saturated carbocycles. The highest BCUT2D eigenvalue weighted by Gasteiger charge is 2.29. The summed E-state index contributed by atoms with van der Waals surface area (Å²) in [4.78, 5) is 13.6. The van der Waals surface area contributed by atoms with E-state index >= 15 is 0 Å². The lowest BCUT2D eigenvalue weighted by Gasteiger charge is -2.16.